The molecule has 0 atom stereocenters. The summed E-state index contributed by atoms with van der Waals surface area (Å²) in [5.41, 5.74) is 4.71. The van der Waals surface area contributed by atoms with Gasteiger partial charge in [0.2, 0.25) is 5.95 Å². The Bertz CT molecular complexity index is 809. The summed E-state index contributed by atoms with van der Waals surface area (Å²) >= 11 is 1.95. The molecule has 0 bridgehead atoms. The summed E-state index contributed by atoms with van der Waals surface area (Å²) in [7, 11) is 0. The van der Waals surface area contributed by atoms with E-state index in [-0.39, 0.29) is 5.82 Å². The minimum absolute atomic E-state index is 0.265. The third-order valence-corrected chi connectivity index (χ3v) is 4.24. The second-order valence-corrected chi connectivity index (χ2v) is 6.15. The third kappa shape index (κ3) is 2.96. The van der Waals surface area contributed by atoms with Crippen LogP contribution in [0.3, 0.4) is 0 Å². The molecule has 0 aliphatic heterocycles. The third-order valence-electron chi connectivity index (χ3n) is 3.36. The SMILES string of the molecule is Cc1c[nH]c(C)c1-c1ccnc(Nc2ccc(I)c(F)c2)n1. The number of anilines is 2. The summed E-state index contributed by atoms with van der Waals surface area (Å²) in [4.78, 5) is 11.9. The van der Waals surface area contributed by atoms with E-state index in [0.717, 1.165) is 22.5 Å². The van der Waals surface area contributed by atoms with Crippen molar-refractivity contribution < 1.29 is 4.39 Å². The van der Waals surface area contributed by atoms with Crippen LogP contribution >= 0.6 is 22.6 Å². The van der Waals surface area contributed by atoms with Gasteiger partial charge in [0, 0.05) is 32.9 Å². The van der Waals surface area contributed by atoms with E-state index >= 15 is 0 Å². The molecular weight excluding hydrogens is 394 g/mol. The molecule has 4 nitrogen and oxygen atoms in total. The van der Waals surface area contributed by atoms with Gasteiger partial charge in [-0.1, -0.05) is 0 Å². The zero-order valence-corrected chi connectivity index (χ0v) is 14.3. The summed E-state index contributed by atoms with van der Waals surface area (Å²) in [6.07, 6.45) is 3.65. The maximum Gasteiger partial charge on any atom is 0.227 e. The van der Waals surface area contributed by atoms with E-state index in [1.54, 1.807) is 18.3 Å². The smallest absolute Gasteiger partial charge is 0.227 e. The molecule has 6 heteroatoms. The fourth-order valence-corrected chi connectivity index (χ4v) is 2.65. The van der Waals surface area contributed by atoms with Crippen molar-refractivity contribution in [3.63, 3.8) is 0 Å². The van der Waals surface area contributed by atoms with E-state index < -0.39 is 0 Å². The Balaban J connectivity index is 1.93. The largest absolute Gasteiger partial charge is 0.364 e. The van der Waals surface area contributed by atoms with Gasteiger partial charge in [-0.05, 0) is 66.3 Å². The minimum atomic E-state index is -0.265. The van der Waals surface area contributed by atoms with Crippen LogP contribution in [0.15, 0.2) is 36.7 Å². The molecule has 0 aliphatic carbocycles. The molecule has 0 unspecified atom stereocenters. The number of rotatable bonds is 3. The summed E-state index contributed by atoms with van der Waals surface area (Å²) in [6.45, 7) is 4.04. The molecule has 0 fully saturated rings. The molecule has 2 N–H and O–H groups in total. The van der Waals surface area contributed by atoms with E-state index in [9.17, 15) is 4.39 Å². The lowest BCUT2D eigenvalue weighted by Gasteiger charge is -2.08. The fraction of sp³-hybridized carbons (Fsp3) is 0.125. The topological polar surface area (TPSA) is 53.6 Å². The molecule has 2 heterocycles. The number of hydrogen-bond donors (Lipinski definition) is 2. The molecule has 112 valence electrons. The molecule has 2 aromatic heterocycles. The first-order valence-electron chi connectivity index (χ1n) is 6.74. The van der Waals surface area contributed by atoms with Gasteiger partial charge in [-0.3, -0.25) is 0 Å². The van der Waals surface area contributed by atoms with Crippen molar-refractivity contribution >= 4 is 34.2 Å². The van der Waals surface area contributed by atoms with Gasteiger partial charge in [0.05, 0.1) is 5.69 Å². The number of halogens is 2. The van der Waals surface area contributed by atoms with E-state index in [2.05, 4.69) is 20.3 Å². The van der Waals surface area contributed by atoms with Crippen molar-refractivity contribution in [1.29, 1.82) is 0 Å². The number of hydrogen-bond acceptors (Lipinski definition) is 3. The molecule has 3 rings (SSSR count). The molecule has 0 aliphatic rings. The van der Waals surface area contributed by atoms with Crippen molar-refractivity contribution in [1.82, 2.24) is 15.0 Å². The quantitative estimate of drug-likeness (QED) is 0.625. The van der Waals surface area contributed by atoms with E-state index in [0.29, 0.717) is 15.2 Å². The van der Waals surface area contributed by atoms with E-state index in [4.69, 9.17) is 0 Å². The number of nitrogens with zero attached hydrogens (tertiary/aromatic N) is 2. The molecule has 0 amide bonds. The number of H-pyrrole nitrogens is 1. The Morgan fingerprint density at radius 2 is 2.05 bits per heavy atom. The molecular formula is C16H14FIN4. The molecule has 0 saturated carbocycles. The van der Waals surface area contributed by atoms with Gasteiger partial charge in [-0.25, -0.2) is 14.4 Å². The average Bonchev–Trinajstić information content (AvgIpc) is 2.82. The van der Waals surface area contributed by atoms with Crippen LogP contribution in [-0.2, 0) is 0 Å². The molecule has 22 heavy (non-hydrogen) atoms. The highest BCUT2D eigenvalue weighted by Crippen LogP contribution is 2.26. The normalized spacial score (nSPS) is 10.7. The van der Waals surface area contributed by atoms with Crippen LogP contribution in [0.2, 0.25) is 0 Å². The van der Waals surface area contributed by atoms with Crippen LogP contribution in [0.1, 0.15) is 11.3 Å². The average molecular weight is 408 g/mol. The van der Waals surface area contributed by atoms with Crippen LogP contribution < -0.4 is 5.32 Å². The Morgan fingerprint density at radius 1 is 1.23 bits per heavy atom. The Labute approximate surface area is 141 Å². The Kier molecular flexibility index (Phi) is 4.10. The van der Waals surface area contributed by atoms with Crippen LogP contribution in [-0.4, -0.2) is 15.0 Å². The van der Waals surface area contributed by atoms with Crippen molar-refractivity contribution in [2.24, 2.45) is 0 Å². The van der Waals surface area contributed by atoms with Crippen LogP contribution in [0.5, 0.6) is 0 Å². The number of aromatic amines is 1. The zero-order valence-electron chi connectivity index (χ0n) is 12.1. The first-order chi connectivity index (χ1) is 10.5. The first-order valence-corrected chi connectivity index (χ1v) is 7.82. The van der Waals surface area contributed by atoms with Crippen molar-refractivity contribution in [2.75, 3.05) is 5.32 Å². The van der Waals surface area contributed by atoms with Crippen molar-refractivity contribution in [3.8, 4) is 11.3 Å². The number of nitrogens with one attached hydrogen (secondary N) is 2. The van der Waals surface area contributed by atoms with Crippen LogP contribution in [0, 0.1) is 23.2 Å². The summed E-state index contributed by atoms with van der Waals surface area (Å²) < 4.78 is 14.2. The maximum atomic E-state index is 13.6. The van der Waals surface area contributed by atoms with Gasteiger partial charge in [0.15, 0.2) is 0 Å². The van der Waals surface area contributed by atoms with Gasteiger partial charge in [0.25, 0.3) is 0 Å². The first kappa shape index (κ1) is 15.0. The number of aryl methyl sites for hydroxylation is 2. The lowest BCUT2D eigenvalue weighted by atomic mass is 10.1. The predicted octanol–water partition coefficient (Wildman–Crippen LogP) is 4.58. The fourth-order valence-electron chi connectivity index (χ4n) is 2.31. The molecule has 1 aromatic carbocycles. The van der Waals surface area contributed by atoms with Gasteiger partial charge in [-0.15, -0.1) is 0 Å². The summed E-state index contributed by atoms with van der Waals surface area (Å²) in [5.74, 6) is 0.178. The molecule has 3 aromatic rings. The standard InChI is InChI=1S/C16H14FIN4/c1-9-8-20-10(2)15(9)14-5-6-19-16(22-14)21-11-3-4-13(18)12(17)7-11/h3-8,20H,1-2H3,(H,19,21,22). The van der Waals surface area contributed by atoms with Crippen molar-refractivity contribution in [2.45, 2.75) is 13.8 Å². The van der Waals surface area contributed by atoms with Gasteiger partial charge in [0.1, 0.15) is 5.82 Å². The zero-order chi connectivity index (χ0) is 15.7. The highest BCUT2D eigenvalue weighted by molar-refractivity contribution is 14.1. The van der Waals surface area contributed by atoms with Gasteiger partial charge in [-0.2, -0.15) is 0 Å². The number of benzene rings is 1. The molecule has 0 radical (unpaired) electrons. The van der Waals surface area contributed by atoms with Crippen LogP contribution in [0.25, 0.3) is 11.3 Å². The van der Waals surface area contributed by atoms with E-state index in [1.807, 2.05) is 48.7 Å². The lowest BCUT2D eigenvalue weighted by Crippen LogP contribution is -1.99. The van der Waals surface area contributed by atoms with Crippen molar-refractivity contribution in [3.05, 3.63) is 57.3 Å². The van der Waals surface area contributed by atoms with Crippen LogP contribution in [0.4, 0.5) is 16.0 Å². The highest BCUT2D eigenvalue weighted by Gasteiger charge is 2.10. The Morgan fingerprint density at radius 3 is 2.73 bits per heavy atom. The second-order valence-electron chi connectivity index (χ2n) is 4.99. The minimum Gasteiger partial charge on any atom is -0.364 e. The molecule has 0 saturated heterocycles. The highest BCUT2D eigenvalue weighted by atomic mass is 127. The number of aromatic nitrogens is 3. The van der Waals surface area contributed by atoms with Gasteiger partial charge < -0.3 is 10.3 Å². The molecule has 0 spiro atoms. The predicted molar refractivity (Wildman–Crippen MR) is 93.7 cm³/mol. The maximum absolute atomic E-state index is 13.6. The Hall–Kier alpha value is -1.96. The second kappa shape index (κ2) is 6.04. The lowest BCUT2D eigenvalue weighted by molar-refractivity contribution is 0.621. The summed E-state index contributed by atoms with van der Waals surface area (Å²) in [5, 5.41) is 3.04. The van der Waals surface area contributed by atoms with E-state index in [1.165, 1.54) is 6.07 Å². The monoisotopic (exact) mass is 408 g/mol. The summed E-state index contributed by atoms with van der Waals surface area (Å²) in [6, 6.07) is 6.81. The van der Waals surface area contributed by atoms with Gasteiger partial charge >= 0.3 is 0 Å².